The number of methoxy groups -OCH3 is 1. The molecule has 1 aromatic heterocycles. The van der Waals surface area contributed by atoms with E-state index < -0.39 is 16.0 Å². The minimum Gasteiger partial charge on any atom is -0.465 e. The van der Waals surface area contributed by atoms with Crippen molar-refractivity contribution in [3.63, 3.8) is 0 Å². The van der Waals surface area contributed by atoms with Crippen LogP contribution in [0.4, 0.5) is 5.69 Å². The van der Waals surface area contributed by atoms with Crippen LogP contribution in [0.15, 0.2) is 57.9 Å². The van der Waals surface area contributed by atoms with E-state index in [1.807, 2.05) is 0 Å². The average Bonchev–Trinajstić information content (AvgIpc) is 2.96. The molecule has 0 fully saturated rings. The molecule has 0 bridgehead atoms. The summed E-state index contributed by atoms with van der Waals surface area (Å²) in [7, 11) is -2.72. The van der Waals surface area contributed by atoms with Crippen molar-refractivity contribution in [1.82, 2.24) is 0 Å². The number of nitrogens with one attached hydrogen (secondary N) is 1. The molecule has 0 aliphatic rings. The Labute approximate surface area is 151 Å². The van der Waals surface area contributed by atoms with Gasteiger partial charge in [0.05, 0.1) is 7.11 Å². The average molecular weight is 426 g/mol. The lowest BCUT2D eigenvalue weighted by Crippen LogP contribution is -2.16. The molecule has 0 aliphatic carbocycles. The molecular weight excluding hydrogens is 414 g/mol. The second-order valence-corrected chi connectivity index (χ2v) is 8.45. The first kappa shape index (κ1) is 16.9. The fourth-order valence-electron chi connectivity index (χ4n) is 2.24. The first-order valence-electron chi connectivity index (χ1n) is 6.80. The van der Waals surface area contributed by atoms with Gasteiger partial charge in [-0.3, -0.25) is 4.72 Å². The van der Waals surface area contributed by atoms with Crippen LogP contribution in [0.1, 0.15) is 9.67 Å². The highest BCUT2D eigenvalue weighted by atomic mass is 79.9. The molecule has 5 nitrogen and oxygen atoms in total. The zero-order chi connectivity index (χ0) is 17.3. The van der Waals surface area contributed by atoms with Crippen LogP contribution in [-0.4, -0.2) is 21.5 Å². The van der Waals surface area contributed by atoms with Crippen molar-refractivity contribution in [2.24, 2.45) is 0 Å². The van der Waals surface area contributed by atoms with Gasteiger partial charge >= 0.3 is 5.97 Å². The maximum absolute atomic E-state index is 12.9. The van der Waals surface area contributed by atoms with Crippen LogP contribution in [0.5, 0.6) is 0 Å². The van der Waals surface area contributed by atoms with Crippen LogP contribution in [0, 0.1) is 0 Å². The largest absolute Gasteiger partial charge is 0.465 e. The monoisotopic (exact) mass is 425 g/mol. The number of benzene rings is 2. The summed E-state index contributed by atoms with van der Waals surface area (Å²) in [5, 5.41) is 0.493. The van der Waals surface area contributed by atoms with Crippen molar-refractivity contribution in [1.29, 1.82) is 0 Å². The number of sulfonamides is 1. The van der Waals surface area contributed by atoms with Gasteiger partial charge in [0, 0.05) is 20.2 Å². The quantitative estimate of drug-likeness (QED) is 0.634. The molecule has 0 unspecified atom stereocenters. The Bertz CT molecular complexity index is 1010. The minimum atomic E-state index is -3.95. The topological polar surface area (TPSA) is 72.5 Å². The van der Waals surface area contributed by atoms with Crippen molar-refractivity contribution in [3.05, 3.63) is 57.9 Å². The molecule has 124 valence electrons. The molecule has 24 heavy (non-hydrogen) atoms. The Morgan fingerprint density at radius 2 is 1.79 bits per heavy atom. The summed E-state index contributed by atoms with van der Waals surface area (Å²) >= 11 is 4.39. The van der Waals surface area contributed by atoms with E-state index in [0.29, 0.717) is 15.8 Å². The van der Waals surface area contributed by atoms with E-state index in [9.17, 15) is 13.2 Å². The maximum atomic E-state index is 12.9. The summed E-state index contributed by atoms with van der Waals surface area (Å²) in [6.07, 6.45) is 0. The van der Waals surface area contributed by atoms with Crippen LogP contribution >= 0.6 is 27.3 Å². The highest BCUT2D eigenvalue weighted by molar-refractivity contribution is 9.10. The molecule has 1 N–H and O–H groups in total. The number of ether oxygens (including phenoxy) is 1. The predicted octanol–water partition coefficient (Wildman–Crippen LogP) is 4.25. The molecule has 1 heterocycles. The van der Waals surface area contributed by atoms with Gasteiger partial charge in [0.15, 0.2) is 0 Å². The van der Waals surface area contributed by atoms with Gasteiger partial charge < -0.3 is 4.74 Å². The van der Waals surface area contributed by atoms with E-state index in [4.69, 9.17) is 4.74 Å². The molecule has 2 aromatic carbocycles. The standard InChI is InChI=1S/C16H12BrNO4S2/c1-22-16(19)14-15(12-4-2-3-5-13(12)23-14)24(20,21)18-11-8-6-10(17)7-9-11/h2-9,18H,1H3. The third-order valence-corrected chi connectivity index (χ3v) is 6.56. The number of hydrogen-bond donors (Lipinski definition) is 1. The summed E-state index contributed by atoms with van der Waals surface area (Å²) in [5.41, 5.74) is 0.407. The van der Waals surface area contributed by atoms with Crippen molar-refractivity contribution < 1.29 is 17.9 Å². The van der Waals surface area contributed by atoms with Gasteiger partial charge in [-0.2, -0.15) is 0 Å². The fraction of sp³-hybridized carbons (Fsp3) is 0.0625. The summed E-state index contributed by atoms with van der Waals surface area (Å²) < 4.78 is 34.5. The Morgan fingerprint density at radius 3 is 2.46 bits per heavy atom. The molecule has 0 aliphatic heterocycles. The SMILES string of the molecule is COC(=O)c1sc2ccccc2c1S(=O)(=O)Nc1ccc(Br)cc1. The molecule has 0 atom stereocenters. The molecule has 0 radical (unpaired) electrons. The van der Waals surface area contributed by atoms with Crippen molar-refractivity contribution in [3.8, 4) is 0 Å². The van der Waals surface area contributed by atoms with E-state index in [1.165, 1.54) is 7.11 Å². The first-order chi connectivity index (χ1) is 11.4. The first-order valence-corrected chi connectivity index (χ1v) is 9.90. The van der Waals surface area contributed by atoms with Crippen LogP contribution in [-0.2, 0) is 14.8 Å². The predicted molar refractivity (Wildman–Crippen MR) is 98.1 cm³/mol. The molecule has 0 amide bonds. The molecule has 3 rings (SSSR count). The lowest BCUT2D eigenvalue weighted by Gasteiger charge is -2.09. The number of esters is 1. The number of halogens is 1. The van der Waals surface area contributed by atoms with Crippen LogP contribution in [0.3, 0.4) is 0 Å². The fourth-order valence-corrected chi connectivity index (χ4v) is 5.38. The Kier molecular flexibility index (Phi) is 4.62. The second-order valence-electron chi connectivity index (χ2n) is 4.86. The zero-order valence-corrected chi connectivity index (χ0v) is 15.7. The Hall–Kier alpha value is -1.90. The van der Waals surface area contributed by atoms with Gasteiger partial charge in [-0.05, 0) is 30.3 Å². The van der Waals surface area contributed by atoms with Crippen LogP contribution in [0.25, 0.3) is 10.1 Å². The molecule has 8 heteroatoms. The van der Waals surface area contributed by atoms with E-state index in [-0.39, 0.29) is 9.77 Å². The summed E-state index contributed by atoms with van der Waals surface area (Å²) in [6, 6.07) is 13.7. The van der Waals surface area contributed by atoms with E-state index in [2.05, 4.69) is 20.7 Å². The third kappa shape index (κ3) is 3.17. The summed E-state index contributed by atoms with van der Waals surface area (Å²) in [4.78, 5) is 12.0. The number of carbonyl (C=O) groups excluding carboxylic acids is 1. The molecular formula is C16H12BrNO4S2. The molecule has 0 spiro atoms. The third-order valence-electron chi connectivity index (χ3n) is 3.29. The van der Waals surface area contributed by atoms with E-state index in [1.54, 1.807) is 48.5 Å². The lowest BCUT2D eigenvalue weighted by atomic mass is 10.2. The molecule has 3 aromatic rings. The highest BCUT2D eigenvalue weighted by Gasteiger charge is 2.28. The van der Waals surface area contributed by atoms with Crippen molar-refractivity contribution >= 4 is 59.0 Å². The number of anilines is 1. The number of hydrogen-bond acceptors (Lipinski definition) is 5. The van der Waals surface area contributed by atoms with Gasteiger partial charge in [0.1, 0.15) is 9.77 Å². The lowest BCUT2D eigenvalue weighted by molar-refractivity contribution is 0.0602. The van der Waals surface area contributed by atoms with Crippen molar-refractivity contribution in [2.45, 2.75) is 4.90 Å². The van der Waals surface area contributed by atoms with Gasteiger partial charge in [-0.15, -0.1) is 11.3 Å². The Balaban J connectivity index is 2.15. The number of carbonyl (C=O) groups is 1. The van der Waals surface area contributed by atoms with Crippen molar-refractivity contribution in [2.75, 3.05) is 11.8 Å². The zero-order valence-electron chi connectivity index (χ0n) is 12.4. The van der Waals surface area contributed by atoms with Gasteiger partial charge in [0.2, 0.25) is 0 Å². The molecule has 0 saturated carbocycles. The van der Waals surface area contributed by atoms with Crippen LogP contribution in [0.2, 0.25) is 0 Å². The number of fused-ring (bicyclic) bond motifs is 1. The number of thiophene rings is 1. The van der Waals surface area contributed by atoms with Gasteiger partial charge in [-0.1, -0.05) is 34.1 Å². The minimum absolute atomic E-state index is 0.0575. The smallest absolute Gasteiger partial charge is 0.349 e. The highest BCUT2D eigenvalue weighted by Crippen LogP contribution is 2.36. The number of rotatable bonds is 4. The second kappa shape index (κ2) is 6.54. The normalized spacial score (nSPS) is 11.4. The van der Waals surface area contributed by atoms with E-state index >= 15 is 0 Å². The summed E-state index contributed by atoms with van der Waals surface area (Å²) in [6.45, 7) is 0. The maximum Gasteiger partial charge on any atom is 0.349 e. The van der Waals surface area contributed by atoms with E-state index in [0.717, 1.165) is 15.8 Å². The van der Waals surface area contributed by atoms with Gasteiger partial charge in [0.25, 0.3) is 10.0 Å². The van der Waals surface area contributed by atoms with Crippen LogP contribution < -0.4 is 4.72 Å². The summed E-state index contributed by atoms with van der Waals surface area (Å²) in [5.74, 6) is -0.674. The Morgan fingerprint density at radius 1 is 1.12 bits per heavy atom. The molecule has 0 saturated heterocycles. The van der Waals surface area contributed by atoms with Gasteiger partial charge in [-0.25, -0.2) is 13.2 Å².